The number of alkyl carbamates (subject to hydrolysis) is 1. The van der Waals surface area contributed by atoms with Gasteiger partial charge in [-0.25, -0.2) is 14.8 Å². The molecule has 158 valence electrons. The Morgan fingerprint density at radius 3 is 2.60 bits per heavy atom. The highest BCUT2D eigenvalue weighted by atomic mass is 16.6. The molecule has 0 saturated carbocycles. The van der Waals surface area contributed by atoms with Crippen LogP contribution in [-0.2, 0) is 4.74 Å². The van der Waals surface area contributed by atoms with E-state index in [9.17, 15) is 4.79 Å². The van der Waals surface area contributed by atoms with Crippen LogP contribution in [0.1, 0.15) is 45.2 Å². The standard InChI is InChI=1S/C23H29N5O2/c1-23(2,3)30-22(29)27-19(16-7-5-4-6-8-16)17-10-13-28(14-11-17)21-18-9-12-24-20(18)25-15-26-21/h4-9,12,15,17,19H,10-11,13-14H2,1-3H3,(H,27,29)(H,24,25,26)/t19-/m1/s1. The Labute approximate surface area is 176 Å². The molecule has 1 aliphatic rings. The topological polar surface area (TPSA) is 83.1 Å². The summed E-state index contributed by atoms with van der Waals surface area (Å²) in [7, 11) is 0. The first-order valence-corrected chi connectivity index (χ1v) is 10.5. The van der Waals surface area contributed by atoms with Gasteiger partial charge in [0.1, 0.15) is 23.4 Å². The van der Waals surface area contributed by atoms with E-state index >= 15 is 0 Å². The van der Waals surface area contributed by atoms with Crippen molar-refractivity contribution in [1.82, 2.24) is 20.3 Å². The van der Waals surface area contributed by atoms with Gasteiger partial charge in [-0.2, -0.15) is 0 Å². The normalized spacial score (nSPS) is 16.4. The number of aromatic nitrogens is 3. The van der Waals surface area contributed by atoms with Crippen LogP contribution >= 0.6 is 0 Å². The molecule has 7 heteroatoms. The predicted molar refractivity (Wildman–Crippen MR) is 117 cm³/mol. The van der Waals surface area contributed by atoms with E-state index in [1.165, 1.54) is 0 Å². The van der Waals surface area contributed by atoms with E-state index < -0.39 is 5.60 Å². The smallest absolute Gasteiger partial charge is 0.408 e. The van der Waals surface area contributed by atoms with E-state index in [1.807, 2.05) is 51.2 Å². The summed E-state index contributed by atoms with van der Waals surface area (Å²) >= 11 is 0. The number of benzene rings is 1. The number of fused-ring (bicyclic) bond motifs is 1. The number of amides is 1. The van der Waals surface area contributed by atoms with Crippen molar-refractivity contribution >= 4 is 22.9 Å². The Kier molecular flexibility index (Phi) is 5.61. The highest BCUT2D eigenvalue weighted by molar-refractivity contribution is 5.87. The number of nitrogens with zero attached hydrogens (tertiary/aromatic N) is 3. The third-order valence-corrected chi connectivity index (χ3v) is 5.47. The molecular formula is C23H29N5O2. The number of ether oxygens (including phenoxy) is 1. The van der Waals surface area contributed by atoms with Gasteiger partial charge in [0.25, 0.3) is 0 Å². The van der Waals surface area contributed by atoms with Crippen molar-refractivity contribution in [2.24, 2.45) is 5.92 Å². The molecule has 0 spiro atoms. The van der Waals surface area contributed by atoms with Gasteiger partial charge in [-0.1, -0.05) is 30.3 Å². The monoisotopic (exact) mass is 407 g/mol. The number of carbonyl (C=O) groups excluding carboxylic acids is 1. The average Bonchev–Trinajstić information content (AvgIpc) is 3.21. The molecule has 4 rings (SSSR count). The maximum atomic E-state index is 12.5. The fraction of sp³-hybridized carbons (Fsp3) is 0.435. The Hall–Kier alpha value is -3.09. The number of nitrogens with one attached hydrogen (secondary N) is 2. The molecule has 0 radical (unpaired) electrons. The summed E-state index contributed by atoms with van der Waals surface area (Å²) in [6, 6.07) is 12.1. The van der Waals surface area contributed by atoms with Crippen LogP contribution in [0.25, 0.3) is 11.0 Å². The number of hydrogen-bond acceptors (Lipinski definition) is 5. The second kappa shape index (κ2) is 8.34. The fourth-order valence-corrected chi connectivity index (χ4v) is 4.12. The molecule has 1 saturated heterocycles. The molecule has 0 unspecified atom stereocenters. The van der Waals surface area contributed by atoms with Crippen molar-refractivity contribution in [3.05, 3.63) is 54.5 Å². The van der Waals surface area contributed by atoms with Gasteiger partial charge in [-0.15, -0.1) is 0 Å². The molecule has 0 bridgehead atoms. The van der Waals surface area contributed by atoms with Crippen LogP contribution < -0.4 is 10.2 Å². The molecule has 1 fully saturated rings. The zero-order valence-corrected chi connectivity index (χ0v) is 17.8. The molecule has 0 aliphatic carbocycles. The molecule has 2 aromatic heterocycles. The van der Waals surface area contributed by atoms with E-state index in [1.54, 1.807) is 6.33 Å². The van der Waals surface area contributed by atoms with E-state index in [2.05, 4.69) is 37.3 Å². The zero-order valence-electron chi connectivity index (χ0n) is 17.8. The van der Waals surface area contributed by atoms with Crippen molar-refractivity contribution in [3.8, 4) is 0 Å². The maximum Gasteiger partial charge on any atom is 0.408 e. The van der Waals surface area contributed by atoms with Crippen LogP contribution in [0.4, 0.5) is 10.6 Å². The van der Waals surface area contributed by atoms with Crippen LogP contribution in [0.2, 0.25) is 0 Å². The lowest BCUT2D eigenvalue weighted by molar-refractivity contribution is 0.0479. The lowest BCUT2D eigenvalue weighted by Gasteiger charge is -2.37. The van der Waals surface area contributed by atoms with Gasteiger partial charge in [-0.05, 0) is 51.2 Å². The van der Waals surface area contributed by atoms with E-state index in [-0.39, 0.29) is 12.1 Å². The minimum Gasteiger partial charge on any atom is -0.444 e. The van der Waals surface area contributed by atoms with Gasteiger partial charge >= 0.3 is 6.09 Å². The molecule has 3 heterocycles. The van der Waals surface area contributed by atoms with Crippen LogP contribution in [0, 0.1) is 5.92 Å². The average molecular weight is 408 g/mol. The first-order chi connectivity index (χ1) is 14.4. The lowest BCUT2D eigenvalue weighted by atomic mass is 9.85. The van der Waals surface area contributed by atoms with Crippen LogP contribution in [-0.4, -0.2) is 39.7 Å². The fourth-order valence-electron chi connectivity index (χ4n) is 4.12. The number of H-pyrrole nitrogens is 1. The Morgan fingerprint density at radius 1 is 1.17 bits per heavy atom. The van der Waals surface area contributed by atoms with Crippen molar-refractivity contribution in [2.45, 2.75) is 45.3 Å². The van der Waals surface area contributed by atoms with Crippen molar-refractivity contribution < 1.29 is 9.53 Å². The molecule has 30 heavy (non-hydrogen) atoms. The Bertz CT molecular complexity index is 988. The quantitative estimate of drug-likeness (QED) is 0.668. The largest absolute Gasteiger partial charge is 0.444 e. The minimum absolute atomic E-state index is 0.0825. The number of rotatable bonds is 4. The predicted octanol–water partition coefficient (Wildman–Crippen LogP) is 4.44. The highest BCUT2D eigenvalue weighted by Crippen LogP contribution is 2.34. The third-order valence-electron chi connectivity index (χ3n) is 5.47. The van der Waals surface area contributed by atoms with Crippen LogP contribution in [0.15, 0.2) is 48.9 Å². The second-order valence-electron chi connectivity index (χ2n) is 8.80. The Balaban J connectivity index is 1.49. The summed E-state index contributed by atoms with van der Waals surface area (Å²) in [5, 5.41) is 4.17. The van der Waals surface area contributed by atoms with Gasteiger partial charge in [0.15, 0.2) is 0 Å². The molecule has 3 aromatic rings. The molecule has 1 amide bonds. The van der Waals surface area contributed by atoms with Gasteiger partial charge in [-0.3, -0.25) is 0 Å². The molecule has 1 aromatic carbocycles. The van der Waals surface area contributed by atoms with Gasteiger partial charge < -0.3 is 19.9 Å². The number of aromatic amines is 1. The van der Waals surface area contributed by atoms with Gasteiger partial charge in [0.05, 0.1) is 11.4 Å². The summed E-state index contributed by atoms with van der Waals surface area (Å²) in [4.78, 5) is 26.8. The second-order valence-corrected chi connectivity index (χ2v) is 8.80. The number of hydrogen-bond donors (Lipinski definition) is 2. The van der Waals surface area contributed by atoms with E-state index in [4.69, 9.17) is 4.74 Å². The van der Waals surface area contributed by atoms with Crippen molar-refractivity contribution in [3.63, 3.8) is 0 Å². The lowest BCUT2D eigenvalue weighted by Crippen LogP contribution is -2.42. The highest BCUT2D eigenvalue weighted by Gasteiger charge is 2.31. The number of carbonyl (C=O) groups is 1. The van der Waals surface area contributed by atoms with E-state index in [0.29, 0.717) is 5.92 Å². The third kappa shape index (κ3) is 4.56. The molecule has 7 nitrogen and oxygen atoms in total. The molecule has 1 atom stereocenters. The summed E-state index contributed by atoms with van der Waals surface area (Å²) in [5.41, 5.74) is 1.44. The van der Waals surface area contributed by atoms with Gasteiger partial charge in [0.2, 0.25) is 0 Å². The van der Waals surface area contributed by atoms with Gasteiger partial charge in [0, 0.05) is 19.3 Å². The summed E-state index contributed by atoms with van der Waals surface area (Å²) in [6.07, 6.45) is 5.03. The van der Waals surface area contributed by atoms with Crippen LogP contribution in [0.5, 0.6) is 0 Å². The number of anilines is 1. The Morgan fingerprint density at radius 2 is 1.90 bits per heavy atom. The zero-order chi connectivity index (χ0) is 21.1. The summed E-state index contributed by atoms with van der Waals surface area (Å²) in [5.74, 6) is 1.29. The molecule has 1 aliphatic heterocycles. The maximum absolute atomic E-state index is 12.5. The number of piperidine rings is 1. The molecule has 2 N–H and O–H groups in total. The summed E-state index contributed by atoms with van der Waals surface area (Å²) in [6.45, 7) is 7.40. The summed E-state index contributed by atoms with van der Waals surface area (Å²) < 4.78 is 5.53. The molecular weight excluding hydrogens is 378 g/mol. The first kappa shape index (κ1) is 20.2. The minimum atomic E-state index is -0.524. The van der Waals surface area contributed by atoms with Crippen molar-refractivity contribution in [1.29, 1.82) is 0 Å². The van der Waals surface area contributed by atoms with Crippen molar-refractivity contribution in [2.75, 3.05) is 18.0 Å². The van der Waals surface area contributed by atoms with Crippen LogP contribution in [0.3, 0.4) is 0 Å². The SMILES string of the molecule is CC(C)(C)OC(=O)N[C@H](c1ccccc1)C1CCN(c2ncnc3[nH]ccc23)CC1. The van der Waals surface area contributed by atoms with E-state index in [0.717, 1.165) is 48.3 Å². The first-order valence-electron chi connectivity index (χ1n) is 10.5.